The van der Waals surface area contributed by atoms with Crippen LogP contribution in [0.25, 0.3) is 0 Å². The number of hydrogen-bond acceptors (Lipinski definition) is 5. The highest BCUT2D eigenvalue weighted by atomic mass is 16.6. The van der Waals surface area contributed by atoms with Crippen molar-refractivity contribution in [3.05, 3.63) is 65.2 Å². The van der Waals surface area contributed by atoms with Crippen molar-refractivity contribution in [2.75, 3.05) is 18.9 Å². The summed E-state index contributed by atoms with van der Waals surface area (Å²) in [6.07, 6.45) is 2.47. The number of urea groups is 1. The number of amides is 5. The molecule has 0 bridgehead atoms. The molecular formula is C26H28N4O5. The molecule has 2 aromatic rings. The zero-order chi connectivity index (χ0) is 24.6. The highest BCUT2D eigenvalue weighted by Crippen LogP contribution is 2.51. The number of carbonyl (C=O) groups excluding carboxylic acids is 4. The molecule has 0 aromatic heterocycles. The number of benzene rings is 2. The fourth-order valence-electron chi connectivity index (χ4n) is 5.60. The van der Waals surface area contributed by atoms with E-state index < -0.39 is 17.6 Å². The Hall–Kier alpha value is -3.88. The largest absolute Gasteiger partial charge is 0.427 e. The van der Waals surface area contributed by atoms with Crippen molar-refractivity contribution < 1.29 is 23.9 Å². The Morgan fingerprint density at radius 1 is 1.14 bits per heavy atom. The Balaban J connectivity index is 1.45. The summed E-state index contributed by atoms with van der Waals surface area (Å²) in [6.45, 7) is 0.677. The van der Waals surface area contributed by atoms with Crippen LogP contribution >= 0.6 is 0 Å². The van der Waals surface area contributed by atoms with Crippen LogP contribution in [-0.2, 0) is 19.9 Å². The molecular weight excluding hydrogens is 448 g/mol. The predicted molar refractivity (Wildman–Crippen MR) is 128 cm³/mol. The Kier molecular flexibility index (Phi) is 5.92. The van der Waals surface area contributed by atoms with Crippen LogP contribution in [0.3, 0.4) is 0 Å². The van der Waals surface area contributed by atoms with Crippen molar-refractivity contribution in [1.29, 1.82) is 0 Å². The summed E-state index contributed by atoms with van der Waals surface area (Å²) in [4.78, 5) is 52.2. The maximum Gasteiger partial charge on any atom is 0.415 e. The quantitative estimate of drug-likeness (QED) is 0.624. The second-order valence-electron chi connectivity index (χ2n) is 9.29. The molecule has 1 unspecified atom stereocenters. The first-order valence-electron chi connectivity index (χ1n) is 11.9. The molecule has 1 spiro atoms. The van der Waals surface area contributed by atoms with E-state index in [1.165, 1.54) is 7.05 Å². The molecule has 0 saturated carbocycles. The molecule has 5 rings (SSSR count). The van der Waals surface area contributed by atoms with Gasteiger partial charge in [-0.05, 0) is 48.4 Å². The number of hydrogen-bond donors (Lipinski definition) is 3. The molecule has 1 aliphatic carbocycles. The first-order chi connectivity index (χ1) is 16.9. The van der Waals surface area contributed by atoms with Crippen molar-refractivity contribution in [2.45, 2.75) is 49.7 Å². The maximum atomic E-state index is 13.6. The van der Waals surface area contributed by atoms with E-state index in [1.807, 2.05) is 23.1 Å². The van der Waals surface area contributed by atoms with Gasteiger partial charge in [-0.2, -0.15) is 0 Å². The van der Waals surface area contributed by atoms with Gasteiger partial charge in [0.05, 0.1) is 6.04 Å². The average Bonchev–Trinajstić information content (AvgIpc) is 3.33. The Morgan fingerprint density at radius 2 is 1.94 bits per heavy atom. The first kappa shape index (κ1) is 22.9. The van der Waals surface area contributed by atoms with Crippen LogP contribution in [0, 0.1) is 0 Å². The van der Waals surface area contributed by atoms with Crippen LogP contribution in [0.2, 0.25) is 0 Å². The number of carbonyl (C=O) groups is 4. The fourth-order valence-corrected chi connectivity index (χ4v) is 5.60. The van der Waals surface area contributed by atoms with Gasteiger partial charge in [0.25, 0.3) is 5.91 Å². The number of imide groups is 1. The number of anilines is 1. The molecule has 2 fully saturated rings. The van der Waals surface area contributed by atoms with Crippen LogP contribution in [0.4, 0.5) is 15.3 Å². The van der Waals surface area contributed by atoms with Gasteiger partial charge >= 0.3 is 12.1 Å². The third-order valence-corrected chi connectivity index (χ3v) is 7.22. The smallest absolute Gasteiger partial charge is 0.415 e. The monoisotopic (exact) mass is 476 g/mol. The SMILES string of the molecule is CNC(=O)Nc1ccc2c(c1)C(CC(=O)N1CCCC[C@H]1c1ccccc1)C[C@]21OC(=O)NC1=O. The molecule has 2 saturated heterocycles. The minimum absolute atomic E-state index is 0.000878. The van der Waals surface area contributed by atoms with Crippen LogP contribution < -0.4 is 16.0 Å². The van der Waals surface area contributed by atoms with Gasteiger partial charge in [0.1, 0.15) is 0 Å². The Bertz CT molecular complexity index is 1180. The summed E-state index contributed by atoms with van der Waals surface area (Å²) in [6, 6.07) is 14.8. The van der Waals surface area contributed by atoms with E-state index in [1.54, 1.807) is 18.2 Å². The molecule has 2 aromatic carbocycles. The summed E-state index contributed by atoms with van der Waals surface area (Å²) >= 11 is 0. The molecule has 182 valence electrons. The minimum atomic E-state index is -1.45. The van der Waals surface area contributed by atoms with Crippen molar-refractivity contribution in [3.8, 4) is 0 Å². The lowest BCUT2D eigenvalue weighted by atomic mass is 9.91. The van der Waals surface area contributed by atoms with E-state index in [-0.39, 0.29) is 36.7 Å². The van der Waals surface area contributed by atoms with Crippen LogP contribution in [0.1, 0.15) is 60.8 Å². The molecule has 2 heterocycles. The lowest BCUT2D eigenvalue weighted by Gasteiger charge is -2.37. The third-order valence-electron chi connectivity index (χ3n) is 7.22. The second-order valence-corrected chi connectivity index (χ2v) is 9.29. The molecule has 3 N–H and O–H groups in total. The number of nitrogens with one attached hydrogen (secondary N) is 3. The maximum absolute atomic E-state index is 13.6. The zero-order valence-electron chi connectivity index (χ0n) is 19.5. The van der Waals surface area contributed by atoms with Crippen molar-refractivity contribution in [3.63, 3.8) is 0 Å². The van der Waals surface area contributed by atoms with Crippen LogP contribution in [0.15, 0.2) is 48.5 Å². The number of likely N-dealkylation sites (tertiary alicyclic amines) is 1. The number of fused-ring (bicyclic) bond motifs is 2. The van der Waals surface area contributed by atoms with E-state index >= 15 is 0 Å². The molecule has 5 amide bonds. The van der Waals surface area contributed by atoms with Gasteiger partial charge in [0, 0.05) is 37.7 Å². The topological polar surface area (TPSA) is 117 Å². The van der Waals surface area contributed by atoms with E-state index in [2.05, 4.69) is 28.1 Å². The number of ether oxygens (including phenoxy) is 1. The molecule has 3 aliphatic rings. The number of rotatable bonds is 4. The first-order valence-corrected chi connectivity index (χ1v) is 11.9. The number of nitrogens with zero attached hydrogens (tertiary/aromatic N) is 1. The van der Waals surface area contributed by atoms with Gasteiger partial charge in [-0.3, -0.25) is 14.9 Å². The Labute approximate surface area is 203 Å². The molecule has 9 nitrogen and oxygen atoms in total. The van der Waals surface area contributed by atoms with Gasteiger partial charge in [0.15, 0.2) is 0 Å². The third kappa shape index (κ3) is 4.11. The summed E-state index contributed by atoms with van der Waals surface area (Å²) < 4.78 is 5.51. The van der Waals surface area contributed by atoms with Gasteiger partial charge in [-0.1, -0.05) is 36.4 Å². The Morgan fingerprint density at radius 3 is 2.66 bits per heavy atom. The van der Waals surface area contributed by atoms with E-state index in [4.69, 9.17) is 4.74 Å². The highest BCUT2D eigenvalue weighted by Gasteiger charge is 2.57. The van der Waals surface area contributed by atoms with Crippen LogP contribution in [0.5, 0.6) is 0 Å². The van der Waals surface area contributed by atoms with Gasteiger partial charge in [-0.25, -0.2) is 9.59 Å². The van der Waals surface area contributed by atoms with Gasteiger partial charge in [-0.15, -0.1) is 0 Å². The standard InChI is InChI=1S/C26H28N4O5/c1-27-24(33)28-18-10-11-20-19(14-18)17(15-26(20)23(32)29-25(34)35-26)13-22(31)30-12-6-5-9-21(30)16-7-3-2-4-8-16/h2-4,7-8,10-11,14,17,21H,5-6,9,12-13,15H2,1H3,(H2,27,28,33)(H,29,32,34)/t17?,21-,26-/m0/s1. The molecule has 35 heavy (non-hydrogen) atoms. The van der Waals surface area contributed by atoms with E-state index in [0.717, 1.165) is 30.4 Å². The number of alkyl carbamates (subject to hydrolysis) is 1. The molecule has 2 aliphatic heterocycles. The predicted octanol–water partition coefficient (Wildman–Crippen LogP) is 3.53. The van der Waals surface area contributed by atoms with Crippen molar-refractivity contribution in [1.82, 2.24) is 15.5 Å². The highest BCUT2D eigenvalue weighted by molar-refractivity contribution is 6.04. The molecule has 9 heteroatoms. The second kappa shape index (κ2) is 9.05. The van der Waals surface area contributed by atoms with Gasteiger partial charge < -0.3 is 20.3 Å². The summed E-state index contributed by atoms with van der Waals surface area (Å²) in [5, 5.41) is 7.47. The fraction of sp³-hybridized carbons (Fsp3) is 0.385. The average molecular weight is 477 g/mol. The zero-order valence-corrected chi connectivity index (χ0v) is 19.5. The van der Waals surface area contributed by atoms with Gasteiger partial charge in [0.2, 0.25) is 11.5 Å². The summed E-state index contributed by atoms with van der Waals surface area (Å²) in [5.41, 5.74) is 1.47. The lowest BCUT2D eigenvalue weighted by Crippen LogP contribution is -2.39. The minimum Gasteiger partial charge on any atom is -0.427 e. The van der Waals surface area contributed by atoms with Crippen molar-refractivity contribution in [2.24, 2.45) is 0 Å². The number of piperidine rings is 1. The molecule has 0 radical (unpaired) electrons. The summed E-state index contributed by atoms with van der Waals surface area (Å²) in [5.74, 6) is -0.870. The van der Waals surface area contributed by atoms with Crippen LogP contribution in [-0.4, -0.2) is 42.4 Å². The summed E-state index contributed by atoms with van der Waals surface area (Å²) in [7, 11) is 1.52. The van der Waals surface area contributed by atoms with E-state index in [9.17, 15) is 19.2 Å². The normalized spacial score (nSPS) is 25.1. The van der Waals surface area contributed by atoms with E-state index in [0.29, 0.717) is 17.8 Å². The molecule has 3 atom stereocenters. The lowest BCUT2D eigenvalue weighted by molar-refractivity contribution is -0.137. The van der Waals surface area contributed by atoms with Crippen molar-refractivity contribution >= 4 is 29.6 Å².